The number of aromatic carboxylic acids is 1. The number of carboxylic acids is 1. The zero-order valence-electron chi connectivity index (χ0n) is 10.6. The minimum Gasteiger partial charge on any atom is -0.475 e. The first kappa shape index (κ1) is 13.6. The van der Waals surface area contributed by atoms with Gasteiger partial charge in [0.15, 0.2) is 4.75 Å². The predicted octanol–water partition coefficient (Wildman–Crippen LogP) is 0.737. The number of furan rings is 1. The van der Waals surface area contributed by atoms with Crippen LogP contribution in [0.5, 0.6) is 0 Å². The average molecular weight is 287 g/mol. The largest absolute Gasteiger partial charge is 0.475 e. The Morgan fingerprint density at radius 1 is 1.47 bits per heavy atom. The van der Waals surface area contributed by atoms with Crippen molar-refractivity contribution in [3.05, 3.63) is 23.2 Å². The molecule has 1 amide bonds. The van der Waals surface area contributed by atoms with Crippen LogP contribution in [0.1, 0.15) is 35.7 Å². The number of amides is 1. The molecule has 2 rings (SSSR count). The van der Waals surface area contributed by atoms with Gasteiger partial charge >= 0.3 is 5.97 Å². The van der Waals surface area contributed by atoms with Gasteiger partial charge in [-0.05, 0) is 26.8 Å². The molecule has 2 heterocycles. The molecule has 0 aromatic carbocycles. The lowest BCUT2D eigenvalue weighted by atomic mass is 10.1. The Morgan fingerprint density at radius 3 is 2.47 bits per heavy atom. The molecule has 1 saturated heterocycles. The summed E-state index contributed by atoms with van der Waals surface area (Å²) in [7, 11) is -3.68. The maximum absolute atomic E-state index is 11.9. The zero-order valence-corrected chi connectivity index (χ0v) is 11.4. The fraction of sp³-hybridized carbons (Fsp3) is 0.455. The molecule has 1 aliphatic rings. The van der Waals surface area contributed by atoms with Gasteiger partial charge in [0.2, 0.25) is 5.76 Å². The summed E-state index contributed by atoms with van der Waals surface area (Å²) in [4.78, 5) is 22.5. The number of rotatable bonds is 3. The van der Waals surface area contributed by atoms with Gasteiger partial charge in [-0.15, -0.1) is 0 Å². The fourth-order valence-electron chi connectivity index (χ4n) is 1.85. The lowest BCUT2D eigenvalue weighted by molar-refractivity contribution is -0.132. The Balaban J connectivity index is 2.29. The van der Waals surface area contributed by atoms with Crippen LogP contribution in [-0.4, -0.2) is 34.5 Å². The molecule has 0 saturated carbocycles. The van der Waals surface area contributed by atoms with Crippen molar-refractivity contribution >= 4 is 21.9 Å². The first-order valence-corrected chi connectivity index (χ1v) is 6.92. The predicted molar refractivity (Wildman–Crippen MR) is 64.0 cm³/mol. The number of hydrogen-bond donors (Lipinski definition) is 1. The Hall–Kier alpha value is -1.83. The molecule has 0 spiro atoms. The Labute approximate surface area is 109 Å². The SMILES string of the molecule is Cc1oc(C(=O)O)cc1CN1C(=O)C(C)(C)S1(=O)=O. The summed E-state index contributed by atoms with van der Waals surface area (Å²) in [5.74, 6) is -1.75. The highest BCUT2D eigenvalue weighted by Gasteiger charge is 2.60. The van der Waals surface area contributed by atoms with Gasteiger partial charge in [0.1, 0.15) is 5.76 Å². The number of carbonyl (C=O) groups excluding carboxylic acids is 1. The molecule has 1 N–H and O–H groups in total. The van der Waals surface area contributed by atoms with E-state index in [1.165, 1.54) is 26.8 Å². The smallest absolute Gasteiger partial charge is 0.371 e. The number of aryl methyl sites for hydroxylation is 1. The van der Waals surface area contributed by atoms with Gasteiger partial charge in [-0.1, -0.05) is 0 Å². The molecule has 0 unspecified atom stereocenters. The second kappa shape index (κ2) is 3.83. The number of carbonyl (C=O) groups is 2. The van der Waals surface area contributed by atoms with E-state index in [4.69, 9.17) is 9.52 Å². The molecule has 7 nitrogen and oxygen atoms in total. The normalized spacial score (nSPS) is 20.2. The van der Waals surface area contributed by atoms with Crippen LogP contribution in [-0.2, 0) is 21.4 Å². The van der Waals surface area contributed by atoms with E-state index >= 15 is 0 Å². The quantitative estimate of drug-likeness (QED) is 0.879. The standard InChI is InChI=1S/C11H13NO6S/c1-6-7(4-8(18-6)9(13)14)5-12-10(15)11(2,3)19(12,16)17/h4H,5H2,1-3H3,(H,13,14). The van der Waals surface area contributed by atoms with E-state index < -0.39 is 26.6 Å². The van der Waals surface area contributed by atoms with Crippen molar-refractivity contribution in [2.24, 2.45) is 0 Å². The van der Waals surface area contributed by atoms with Gasteiger partial charge < -0.3 is 9.52 Å². The Morgan fingerprint density at radius 2 is 2.05 bits per heavy atom. The first-order valence-electron chi connectivity index (χ1n) is 5.48. The molecule has 1 fully saturated rings. The van der Waals surface area contributed by atoms with Crippen molar-refractivity contribution < 1.29 is 27.5 Å². The van der Waals surface area contributed by atoms with Crippen molar-refractivity contribution in [3.63, 3.8) is 0 Å². The van der Waals surface area contributed by atoms with E-state index in [2.05, 4.69) is 0 Å². The third-order valence-corrected chi connectivity index (χ3v) is 5.56. The monoisotopic (exact) mass is 287 g/mol. The molecule has 1 aromatic rings. The third kappa shape index (κ3) is 1.74. The molecule has 1 aliphatic heterocycles. The zero-order chi connectivity index (χ0) is 14.6. The molecule has 0 bridgehead atoms. The number of hydrogen-bond acceptors (Lipinski definition) is 5. The first-order chi connectivity index (χ1) is 8.59. The summed E-state index contributed by atoms with van der Waals surface area (Å²) < 4.78 is 28.1. The molecular weight excluding hydrogens is 274 g/mol. The summed E-state index contributed by atoms with van der Waals surface area (Å²) in [5.41, 5.74) is 0.366. The third-order valence-electron chi connectivity index (χ3n) is 3.22. The molecule has 0 radical (unpaired) electrons. The number of nitrogens with zero attached hydrogens (tertiary/aromatic N) is 1. The van der Waals surface area contributed by atoms with Gasteiger partial charge in [0, 0.05) is 5.56 Å². The van der Waals surface area contributed by atoms with Crippen molar-refractivity contribution in [2.45, 2.75) is 32.1 Å². The van der Waals surface area contributed by atoms with Gasteiger partial charge in [-0.2, -0.15) is 0 Å². The Kier molecular flexibility index (Phi) is 2.74. The Bertz CT molecular complexity index is 669. The minimum absolute atomic E-state index is 0.201. The van der Waals surface area contributed by atoms with Crippen LogP contribution in [0, 0.1) is 6.92 Å². The second-order valence-electron chi connectivity index (χ2n) is 4.82. The summed E-state index contributed by atoms with van der Waals surface area (Å²) in [6.45, 7) is 4.00. The summed E-state index contributed by atoms with van der Waals surface area (Å²) in [5, 5.41) is 8.77. The van der Waals surface area contributed by atoms with Crippen molar-refractivity contribution in [1.29, 1.82) is 0 Å². The van der Waals surface area contributed by atoms with Gasteiger partial charge in [-0.25, -0.2) is 17.5 Å². The number of carboxylic acid groups (broad SMARTS) is 1. The highest BCUT2D eigenvalue weighted by Crippen LogP contribution is 2.36. The molecule has 19 heavy (non-hydrogen) atoms. The average Bonchev–Trinajstić information content (AvgIpc) is 2.66. The lowest BCUT2D eigenvalue weighted by Gasteiger charge is -2.42. The number of sulfonamides is 1. The lowest BCUT2D eigenvalue weighted by Crippen LogP contribution is -2.66. The van der Waals surface area contributed by atoms with Gasteiger partial charge in [-0.3, -0.25) is 4.79 Å². The summed E-state index contributed by atoms with van der Waals surface area (Å²) in [6.07, 6.45) is 0. The van der Waals surface area contributed by atoms with Crippen LogP contribution in [0.3, 0.4) is 0 Å². The highest BCUT2D eigenvalue weighted by molar-refractivity contribution is 7.94. The molecule has 0 aliphatic carbocycles. The van der Waals surface area contributed by atoms with E-state index in [1.807, 2.05) is 0 Å². The van der Waals surface area contributed by atoms with Crippen molar-refractivity contribution in [1.82, 2.24) is 4.31 Å². The van der Waals surface area contributed by atoms with E-state index in [0.29, 0.717) is 5.56 Å². The molecule has 1 aromatic heterocycles. The minimum atomic E-state index is -3.68. The molecule has 104 valence electrons. The van der Waals surface area contributed by atoms with Gasteiger partial charge in [0.05, 0.1) is 6.54 Å². The topological polar surface area (TPSA) is 105 Å². The van der Waals surface area contributed by atoms with Crippen molar-refractivity contribution in [2.75, 3.05) is 0 Å². The summed E-state index contributed by atoms with van der Waals surface area (Å²) >= 11 is 0. The maximum atomic E-state index is 11.9. The van der Waals surface area contributed by atoms with E-state index in [9.17, 15) is 18.0 Å². The van der Waals surface area contributed by atoms with E-state index in [1.54, 1.807) is 0 Å². The van der Waals surface area contributed by atoms with Crippen LogP contribution in [0.4, 0.5) is 0 Å². The van der Waals surface area contributed by atoms with E-state index in [0.717, 1.165) is 4.31 Å². The maximum Gasteiger partial charge on any atom is 0.371 e. The fourth-order valence-corrected chi connectivity index (χ4v) is 3.36. The van der Waals surface area contributed by atoms with E-state index in [-0.39, 0.29) is 18.1 Å². The van der Waals surface area contributed by atoms with Crippen LogP contribution in [0.25, 0.3) is 0 Å². The highest BCUT2D eigenvalue weighted by atomic mass is 32.2. The van der Waals surface area contributed by atoms with Crippen LogP contribution < -0.4 is 0 Å². The molecular formula is C11H13NO6S. The van der Waals surface area contributed by atoms with Crippen LogP contribution in [0.15, 0.2) is 10.5 Å². The molecule has 8 heteroatoms. The van der Waals surface area contributed by atoms with Crippen LogP contribution in [0.2, 0.25) is 0 Å². The second-order valence-corrected chi connectivity index (χ2v) is 7.24. The van der Waals surface area contributed by atoms with Gasteiger partial charge in [0.25, 0.3) is 15.9 Å². The molecule has 0 atom stereocenters. The van der Waals surface area contributed by atoms with Crippen molar-refractivity contribution in [3.8, 4) is 0 Å². The van der Waals surface area contributed by atoms with Crippen LogP contribution >= 0.6 is 0 Å². The summed E-state index contributed by atoms with van der Waals surface area (Å²) in [6, 6.07) is 1.23.